The summed E-state index contributed by atoms with van der Waals surface area (Å²) in [5.41, 5.74) is 15.4. The van der Waals surface area contributed by atoms with Gasteiger partial charge in [-0.15, -0.1) is 0 Å². The molecule has 1 saturated heterocycles. The molecule has 1 saturated carbocycles. The molecule has 1 aliphatic carbocycles. The van der Waals surface area contributed by atoms with E-state index >= 15 is 0 Å². The lowest BCUT2D eigenvalue weighted by Crippen LogP contribution is -2.53. The molecule has 69 heavy (non-hydrogen) atoms. The molecule has 22 heteroatoms. The molecule has 1 atom stereocenters. The number of anilines is 2. The Balaban J connectivity index is 1.01. The van der Waals surface area contributed by atoms with Gasteiger partial charge in [-0.05, 0) is 96.2 Å². The van der Waals surface area contributed by atoms with Crippen LogP contribution in [0.25, 0.3) is 22.1 Å². The number of ether oxygens (including phenoxy) is 3. The summed E-state index contributed by atoms with van der Waals surface area (Å²) < 4.78 is 25.3. The molecule has 0 unspecified atom stereocenters. The van der Waals surface area contributed by atoms with E-state index in [9.17, 15) is 24.0 Å². The Bertz CT molecular complexity index is 2990. The van der Waals surface area contributed by atoms with E-state index in [1.807, 2.05) is 43.9 Å². The monoisotopic (exact) mass is 946 g/mol. The van der Waals surface area contributed by atoms with Gasteiger partial charge in [0, 0.05) is 57.4 Å². The van der Waals surface area contributed by atoms with Crippen molar-refractivity contribution >= 4 is 63.5 Å². The molecule has 2 aliphatic heterocycles. The number of carbonyl (C=O) groups excluding carboxylic acids is 5. The molecule has 5 amide bonds. The quantitative estimate of drug-likeness (QED) is 0.0847. The highest BCUT2D eigenvalue weighted by Crippen LogP contribution is 2.44. The standard InChI is InChI=1S/C47H58N14O8/c1-6-59-34(20-27(3)54-59)42(64)52-45-50-32-22-29(40(48)62)24-36(68-17-9-13-56(5)44(66)47(11-12-47)57-15-18-67-19-16-57)38(32)58(45)14-8-10-31-26-69-37-25-30(41(49)63)23-33-39(37)61(31)46(51-33)53-43(65)35-21-28(4)55-60(35)7-2/h20-25,31H,6-19,26H2,1-5H3,(H2,48,62)(H2,49,63)(H,50,52,64)(H,51,53,65)/t31-/m0/s1. The van der Waals surface area contributed by atoms with Crippen LogP contribution in [0.15, 0.2) is 36.4 Å². The first-order valence-electron chi connectivity index (χ1n) is 23.4. The van der Waals surface area contributed by atoms with Gasteiger partial charge in [-0.3, -0.25) is 48.9 Å². The molecular formula is C47H58N14O8. The van der Waals surface area contributed by atoms with Crippen LogP contribution in [0.4, 0.5) is 11.9 Å². The summed E-state index contributed by atoms with van der Waals surface area (Å²) in [4.78, 5) is 80.2. The van der Waals surface area contributed by atoms with Crippen LogP contribution in [0.2, 0.25) is 0 Å². The smallest absolute Gasteiger partial charge is 0.276 e. The average molecular weight is 947 g/mol. The molecular weight excluding hydrogens is 889 g/mol. The fourth-order valence-electron chi connectivity index (χ4n) is 9.63. The molecule has 364 valence electrons. The Kier molecular flexibility index (Phi) is 12.9. The van der Waals surface area contributed by atoms with Gasteiger partial charge < -0.3 is 39.7 Å². The van der Waals surface area contributed by atoms with Crippen molar-refractivity contribution in [3.63, 3.8) is 0 Å². The van der Waals surface area contributed by atoms with E-state index in [0.29, 0.717) is 115 Å². The molecule has 0 bridgehead atoms. The number of rotatable bonds is 19. The van der Waals surface area contributed by atoms with E-state index in [4.69, 9.17) is 35.6 Å². The largest absolute Gasteiger partial charge is 0.491 e. The van der Waals surface area contributed by atoms with Crippen LogP contribution in [0, 0.1) is 13.8 Å². The molecule has 6 aromatic rings. The molecule has 6 N–H and O–H groups in total. The number of imidazole rings is 2. The Morgan fingerprint density at radius 2 is 1.41 bits per heavy atom. The summed E-state index contributed by atoms with van der Waals surface area (Å²) in [5, 5.41) is 14.9. The number of nitrogens with zero attached hydrogens (tertiary/aromatic N) is 10. The van der Waals surface area contributed by atoms with E-state index in [-0.39, 0.29) is 48.2 Å². The first-order chi connectivity index (χ1) is 33.2. The summed E-state index contributed by atoms with van der Waals surface area (Å²) in [7, 11) is 1.81. The summed E-state index contributed by atoms with van der Waals surface area (Å²) >= 11 is 0. The number of carbonyl (C=O) groups is 5. The van der Waals surface area contributed by atoms with Gasteiger partial charge in [-0.1, -0.05) is 0 Å². The third kappa shape index (κ3) is 9.08. The summed E-state index contributed by atoms with van der Waals surface area (Å²) in [6.45, 7) is 12.2. The fourth-order valence-corrected chi connectivity index (χ4v) is 9.63. The second-order valence-electron chi connectivity index (χ2n) is 17.9. The molecule has 22 nitrogen and oxygen atoms in total. The number of aromatic nitrogens is 8. The normalized spacial score (nSPS) is 16.3. The van der Waals surface area contributed by atoms with Crippen LogP contribution in [-0.2, 0) is 29.2 Å². The van der Waals surface area contributed by atoms with E-state index in [1.165, 1.54) is 0 Å². The van der Waals surface area contributed by atoms with Crippen LogP contribution in [0.3, 0.4) is 0 Å². The summed E-state index contributed by atoms with van der Waals surface area (Å²) in [5.74, 6) is -0.889. The van der Waals surface area contributed by atoms with Crippen molar-refractivity contribution in [3.05, 3.63) is 70.3 Å². The molecule has 2 aromatic carbocycles. The van der Waals surface area contributed by atoms with Crippen LogP contribution in [0.5, 0.6) is 11.5 Å². The lowest BCUT2D eigenvalue weighted by molar-refractivity contribution is -0.139. The number of benzene rings is 2. The number of likely N-dealkylation sites (N-methyl/N-ethyl adjacent to an activating group) is 1. The topological polar surface area (TPSA) is 267 Å². The van der Waals surface area contributed by atoms with E-state index < -0.39 is 29.2 Å². The highest BCUT2D eigenvalue weighted by Gasteiger charge is 2.55. The second kappa shape index (κ2) is 19.0. The SMILES string of the molecule is CCn1nc(C)cc1C(=O)Nc1nc2cc(C(N)=O)cc(OCCCN(C)C(=O)C3(N4CCOCC4)CC3)c2n1CCC[C@H]1COc2cc(C(N)=O)cc3nc(NC(=O)c4cc(C)nn4CC)n1c23. The van der Waals surface area contributed by atoms with Crippen molar-refractivity contribution in [2.75, 3.05) is 63.7 Å². The number of nitrogens with one attached hydrogen (secondary N) is 2. The average Bonchev–Trinajstić information content (AvgIpc) is 3.52. The van der Waals surface area contributed by atoms with Gasteiger partial charge >= 0.3 is 0 Å². The lowest BCUT2D eigenvalue weighted by Gasteiger charge is -2.36. The Hall–Kier alpha value is -7.33. The van der Waals surface area contributed by atoms with E-state index in [2.05, 4.69) is 25.7 Å². The Morgan fingerprint density at radius 3 is 2.01 bits per heavy atom. The molecule has 3 aliphatic rings. The maximum absolute atomic E-state index is 14.0. The van der Waals surface area contributed by atoms with Crippen LogP contribution >= 0.6 is 0 Å². The van der Waals surface area contributed by atoms with Gasteiger partial charge in [0.05, 0.1) is 48.3 Å². The van der Waals surface area contributed by atoms with Crippen LogP contribution in [-0.4, -0.2) is 137 Å². The van der Waals surface area contributed by atoms with Gasteiger partial charge in [0.25, 0.3) is 11.8 Å². The van der Waals surface area contributed by atoms with E-state index in [1.54, 1.807) is 50.7 Å². The minimum absolute atomic E-state index is 0.0906. The van der Waals surface area contributed by atoms with Crippen molar-refractivity contribution in [3.8, 4) is 11.5 Å². The van der Waals surface area contributed by atoms with E-state index in [0.717, 1.165) is 25.9 Å². The maximum Gasteiger partial charge on any atom is 0.276 e. The number of hydrogen-bond acceptors (Lipinski definition) is 13. The van der Waals surface area contributed by atoms with Crippen LogP contribution < -0.4 is 31.6 Å². The van der Waals surface area contributed by atoms with Gasteiger partial charge in [-0.25, -0.2) is 9.97 Å². The maximum atomic E-state index is 14.0. The number of hydrogen-bond donors (Lipinski definition) is 4. The predicted molar refractivity (Wildman–Crippen MR) is 254 cm³/mol. The van der Waals surface area contributed by atoms with Gasteiger partial charge in [-0.2, -0.15) is 10.2 Å². The third-order valence-electron chi connectivity index (χ3n) is 13.1. The highest BCUT2D eigenvalue weighted by atomic mass is 16.5. The predicted octanol–water partition coefficient (Wildman–Crippen LogP) is 3.64. The lowest BCUT2D eigenvalue weighted by atomic mass is 10.1. The second-order valence-corrected chi connectivity index (χ2v) is 17.9. The summed E-state index contributed by atoms with van der Waals surface area (Å²) in [6, 6.07) is 9.34. The van der Waals surface area contributed by atoms with Crippen molar-refractivity contribution in [2.45, 2.75) is 91.0 Å². The van der Waals surface area contributed by atoms with Crippen molar-refractivity contribution < 1.29 is 38.2 Å². The first kappa shape index (κ1) is 46.8. The molecule has 2 fully saturated rings. The number of fused-ring (bicyclic) bond motifs is 1. The molecule has 6 heterocycles. The Labute approximate surface area is 397 Å². The third-order valence-corrected chi connectivity index (χ3v) is 13.1. The summed E-state index contributed by atoms with van der Waals surface area (Å²) in [6.07, 6.45) is 3.09. The van der Waals surface area contributed by atoms with Gasteiger partial charge in [0.2, 0.25) is 29.6 Å². The highest BCUT2D eigenvalue weighted by molar-refractivity contribution is 6.05. The van der Waals surface area contributed by atoms with Crippen molar-refractivity contribution in [1.82, 2.24) is 48.5 Å². The molecule has 0 spiro atoms. The first-order valence-corrected chi connectivity index (χ1v) is 23.4. The van der Waals surface area contributed by atoms with Crippen molar-refractivity contribution in [1.29, 1.82) is 0 Å². The van der Waals surface area contributed by atoms with Gasteiger partial charge in [0.15, 0.2) is 0 Å². The zero-order valence-electron chi connectivity index (χ0n) is 39.5. The molecule has 4 aromatic heterocycles. The zero-order chi connectivity index (χ0) is 48.7. The number of amides is 5. The molecule has 9 rings (SSSR count). The minimum atomic E-state index is -0.684. The Morgan fingerprint density at radius 1 is 0.812 bits per heavy atom. The van der Waals surface area contributed by atoms with Gasteiger partial charge in [0.1, 0.15) is 46.1 Å². The zero-order valence-corrected chi connectivity index (χ0v) is 39.5. The number of morpholine rings is 1. The number of primary amides is 2. The minimum Gasteiger partial charge on any atom is -0.491 e. The van der Waals surface area contributed by atoms with Crippen molar-refractivity contribution in [2.24, 2.45) is 11.5 Å². The molecule has 0 radical (unpaired) electrons. The number of nitrogens with two attached hydrogens (primary N) is 2. The number of aryl methyl sites for hydroxylation is 5. The fraction of sp³-hybridized carbons (Fsp3) is 0.468. The van der Waals surface area contributed by atoms with Crippen LogP contribution in [0.1, 0.15) is 105 Å².